The molecule has 1 atom stereocenters. The zero-order valence-electron chi connectivity index (χ0n) is 18.0. The first-order chi connectivity index (χ1) is 15.3. The molecule has 1 unspecified atom stereocenters. The molecule has 7 heteroatoms. The average Bonchev–Trinajstić information content (AvgIpc) is 3.10. The van der Waals surface area contributed by atoms with Crippen molar-refractivity contribution in [1.29, 1.82) is 0 Å². The second-order valence-corrected chi connectivity index (χ2v) is 10.5. The highest BCUT2D eigenvalue weighted by Gasteiger charge is 2.34. The number of rotatable bonds is 6. The van der Waals surface area contributed by atoms with E-state index in [1.165, 1.54) is 16.4 Å². The maximum absolute atomic E-state index is 13.5. The normalized spacial score (nSPS) is 15.8. The van der Waals surface area contributed by atoms with Crippen LogP contribution in [0.25, 0.3) is 0 Å². The van der Waals surface area contributed by atoms with Gasteiger partial charge in [0.2, 0.25) is 15.9 Å². The van der Waals surface area contributed by atoms with E-state index in [1.54, 1.807) is 17.0 Å². The molecule has 3 aromatic rings. The van der Waals surface area contributed by atoms with E-state index < -0.39 is 10.0 Å². The van der Waals surface area contributed by atoms with Crippen LogP contribution in [-0.2, 0) is 27.8 Å². The molecule has 0 bridgehead atoms. The average molecular weight is 469 g/mol. The van der Waals surface area contributed by atoms with Crippen LogP contribution in [0.1, 0.15) is 23.6 Å². The van der Waals surface area contributed by atoms with Crippen molar-refractivity contribution in [2.24, 2.45) is 0 Å². The van der Waals surface area contributed by atoms with E-state index in [2.05, 4.69) is 0 Å². The van der Waals surface area contributed by atoms with Gasteiger partial charge in [0.15, 0.2) is 0 Å². The highest BCUT2D eigenvalue weighted by atomic mass is 35.5. The predicted molar refractivity (Wildman–Crippen MR) is 127 cm³/mol. The predicted octanol–water partition coefficient (Wildman–Crippen LogP) is 4.82. The lowest BCUT2D eigenvalue weighted by molar-refractivity contribution is -0.119. The van der Waals surface area contributed by atoms with Crippen LogP contribution >= 0.6 is 11.6 Å². The van der Waals surface area contributed by atoms with E-state index in [4.69, 9.17) is 11.6 Å². The molecule has 5 nitrogen and oxygen atoms in total. The van der Waals surface area contributed by atoms with E-state index >= 15 is 0 Å². The van der Waals surface area contributed by atoms with Crippen molar-refractivity contribution in [1.82, 2.24) is 4.31 Å². The van der Waals surface area contributed by atoms with Crippen LogP contribution in [0.2, 0.25) is 5.02 Å². The number of benzene rings is 3. The highest BCUT2D eigenvalue weighted by Crippen LogP contribution is 2.32. The monoisotopic (exact) mass is 468 g/mol. The first-order valence-corrected chi connectivity index (χ1v) is 12.3. The van der Waals surface area contributed by atoms with Gasteiger partial charge in [-0.1, -0.05) is 54.1 Å². The Morgan fingerprint density at radius 2 is 1.69 bits per heavy atom. The summed E-state index contributed by atoms with van der Waals surface area (Å²) in [6, 6.07) is 21.4. The minimum Gasteiger partial charge on any atom is -0.308 e. The fourth-order valence-corrected chi connectivity index (χ4v) is 5.63. The second kappa shape index (κ2) is 9.06. The van der Waals surface area contributed by atoms with E-state index in [0.717, 1.165) is 28.8 Å². The molecule has 0 fully saturated rings. The molecule has 0 saturated heterocycles. The quantitative estimate of drug-likeness (QED) is 0.521. The molecule has 0 aromatic heterocycles. The zero-order chi connectivity index (χ0) is 22.9. The number of sulfonamides is 1. The molecule has 3 aromatic carbocycles. The Balaban J connectivity index is 1.69. The van der Waals surface area contributed by atoms with E-state index in [0.29, 0.717) is 5.02 Å². The van der Waals surface area contributed by atoms with Crippen LogP contribution in [0.5, 0.6) is 0 Å². The molecule has 1 amide bonds. The van der Waals surface area contributed by atoms with Crippen LogP contribution in [0.4, 0.5) is 5.69 Å². The number of aryl methyl sites for hydroxylation is 1. The molecule has 0 N–H and O–H groups in total. The van der Waals surface area contributed by atoms with E-state index in [-0.39, 0.29) is 29.9 Å². The Morgan fingerprint density at radius 1 is 1.03 bits per heavy atom. The lowest BCUT2D eigenvalue weighted by Gasteiger charge is -2.28. The van der Waals surface area contributed by atoms with Crippen molar-refractivity contribution < 1.29 is 13.2 Å². The molecule has 0 spiro atoms. The Hall–Kier alpha value is -2.67. The van der Waals surface area contributed by atoms with Gasteiger partial charge in [-0.3, -0.25) is 4.79 Å². The van der Waals surface area contributed by atoms with Gasteiger partial charge in [-0.05, 0) is 67.3 Å². The van der Waals surface area contributed by atoms with E-state index in [9.17, 15) is 13.2 Å². The third-order valence-electron chi connectivity index (χ3n) is 5.85. The Labute approximate surface area is 194 Å². The summed E-state index contributed by atoms with van der Waals surface area (Å²) >= 11 is 5.96. The smallest absolute Gasteiger partial charge is 0.243 e. The molecule has 32 heavy (non-hydrogen) atoms. The second-order valence-electron chi connectivity index (χ2n) is 8.10. The van der Waals surface area contributed by atoms with Gasteiger partial charge in [-0.25, -0.2) is 8.42 Å². The fourth-order valence-electron chi connectivity index (χ4n) is 4.13. The number of carbonyl (C=O) groups is 1. The van der Waals surface area contributed by atoms with E-state index in [1.807, 2.05) is 62.4 Å². The van der Waals surface area contributed by atoms with Crippen LogP contribution in [-0.4, -0.2) is 31.2 Å². The number of hydrogen-bond acceptors (Lipinski definition) is 3. The number of amides is 1. The highest BCUT2D eigenvalue weighted by molar-refractivity contribution is 7.89. The Bertz CT molecular complexity index is 1240. The van der Waals surface area contributed by atoms with Crippen molar-refractivity contribution in [2.45, 2.75) is 37.8 Å². The minimum atomic E-state index is -3.93. The third kappa shape index (κ3) is 4.44. The molecule has 0 saturated carbocycles. The molecular formula is C25H25ClN2O3S. The standard InChI is InChI=1S/C25H25ClN2O3S/c1-18-7-3-4-9-21(18)16-27(32(30,31)23-13-11-22(26)12-14-23)17-25(29)28-19(2)15-20-8-5-6-10-24(20)28/h3-14,19H,15-17H2,1-2H3. The molecule has 4 rings (SSSR count). The van der Waals surface area contributed by atoms with Gasteiger partial charge >= 0.3 is 0 Å². The molecule has 0 radical (unpaired) electrons. The summed E-state index contributed by atoms with van der Waals surface area (Å²) in [5.41, 5.74) is 3.77. The largest absolute Gasteiger partial charge is 0.308 e. The van der Waals surface area contributed by atoms with Gasteiger partial charge in [0.25, 0.3) is 0 Å². The van der Waals surface area contributed by atoms with Crippen molar-refractivity contribution in [3.63, 3.8) is 0 Å². The molecule has 0 aliphatic carbocycles. The summed E-state index contributed by atoms with van der Waals surface area (Å²) in [7, 11) is -3.93. The maximum atomic E-state index is 13.5. The Kier molecular flexibility index (Phi) is 6.38. The van der Waals surface area contributed by atoms with Gasteiger partial charge < -0.3 is 4.90 Å². The fraction of sp³-hybridized carbons (Fsp3) is 0.240. The number of fused-ring (bicyclic) bond motifs is 1. The van der Waals surface area contributed by atoms with Crippen LogP contribution in [0, 0.1) is 6.92 Å². The van der Waals surface area contributed by atoms with Gasteiger partial charge in [-0.15, -0.1) is 0 Å². The molecular weight excluding hydrogens is 444 g/mol. The molecule has 1 heterocycles. The molecule has 166 valence electrons. The number of carbonyl (C=O) groups excluding carboxylic acids is 1. The summed E-state index contributed by atoms with van der Waals surface area (Å²) in [5, 5.41) is 0.452. The van der Waals surface area contributed by atoms with Gasteiger partial charge in [0.05, 0.1) is 11.4 Å². The first kappa shape index (κ1) is 22.5. The topological polar surface area (TPSA) is 57.7 Å². The van der Waals surface area contributed by atoms with Gasteiger partial charge in [0, 0.05) is 23.3 Å². The van der Waals surface area contributed by atoms with Crippen molar-refractivity contribution in [3.05, 3.63) is 94.5 Å². The number of hydrogen-bond donors (Lipinski definition) is 0. The van der Waals surface area contributed by atoms with Crippen LogP contribution < -0.4 is 4.90 Å². The third-order valence-corrected chi connectivity index (χ3v) is 7.90. The minimum absolute atomic E-state index is 0.0292. The van der Waals surface area contributed by atoms with Crippen molar-refractivity contribution >= 4 is 33.2 Å². The SMILES string of the molecule is Cc1ccccc1CN(CC(=O)N1c2ccccc2CC1C)S(=O)(=O)c1ccc(Cl)cc1. The van der Waals surface area contributed by atoms with Crippen molar-refractivity contribution in [2.75, 3.05) is 11.4 Å². The summed E-state index contributed by atoms with van der Waals surface area (Å²) in [5.74, 6) is -0.242. The summed E-state index contributed by atoms with van der Waals surface area (Å²) in [6.45, 7) is 3.77. The Morgan fingerprint density at radius 3 is 2.41 bits per heavy atom. The van der Waals surface area contributed by atoms with Gasteiger partial charge in [0.1, 0.15) is 0 Å². The van der Waals surface area contributed by atoms with Crippen LogP contribution in [0.15, 0.2) is 77.7 Å². The maximum Gasteiger partial charge on any atom is 0.243 e. The zero-order valence-corrected chi connectivity index (χ0v) is 19.6. The van der Waals surface area contributed by atoms with Crippen LogP contribution in [0.3, 0.4) is 0 Å². The number of nitrogens with zero attached hydrogens (tertiary/aromatic N) is 2. The van der Waals surface area contributed by atoms with Gasteiger partial charge in [-0.2, -0.15) is 4.31 Å². The molecule has 1 aliphatic heterocycles. The summed E-state index contributed by atoms with van der Waals surface area (Å²) in [6.07, 6.45) is 0.754. The first-order valence-electron chi connectivity index (χ1n) is 10.5. The lowest BCUT2D eigenvalue weighted by Crippen LogP contribution is -2.44. The summed E-state index contributed by atoms with van der Waals surface area (Å²) < 4.78 is 28.4. The number of halogens is 1. The number of para-hydroxylation sites is 1. The lowest BCUT2D eigenvalue weighted by atomic mass is 10.1. The van der Waals surface area contributed by atoms with Crippen molar-refractivity contribution in [3.8, 4) is 0 Å². The summed E-state index contributed by atoms with van der Waals surface area (Å²) in [4.78, 5) is 15.3. The molecule has 1 aliphatic rings. The number of anilines is 1.